The van der Waals surface area contributed by atoms with Gasteiger partial charge >= 0.3 is 0 Å². The summed E-state index contributed by atoms with van der Waals surface area (Å²) in [5.41, 5.74) is 4.09. The average molecular weight is 200 g/mol. The number of rotatable bonds is 2. The Kier molecular flexibility index (Phi) is 2.58. The second-order valence-electron chi connectivity index (χ2n) is 3.99. The molecule has 0 N–H and O–H groups in total. The minimum absolute atomic E-state index is 0.914. The Balaban J connectivity index is 2.33. The van der Waals surface area contributed by atoms with Gasteiger partial charge < -0.3 is 4.57 Å². The van der Waals surface area contributed by atoms with Crippen molar-refractivity contribution in [1.82, 2.24) is 9.55 Å². The largest absolute Gasteiger partial charge is 0.338 e. The molecule has 0 bridgehead atoms. The third-order valence-corrected chi connectivity index (χ3v) is 2.99. The highest BCUT2D eigenvalue weighted by Crippen LogP contribution is 2.15. The zero-order valence-electron chi connectivity index (χ0n) is 9.49. The summed E-state index contributed by atoms with van der Waals surface area (Å²) < 4.78 is 2.07. The van der Waals surface area contributed by atoms with Gasteiger partial charge in [0.2, 0.25) is 0 Å². The third-order valence-electron chi connectivity index (χ3n) is 2.99. The number of benzene rings is 1. The molecule has 1 aromatic heterocycles. The lowest BCUT2D eigenvalue weighted by molar-refractivity contribution is 0.819. The van der Waals surface area contributed by atoms with Gasteiger partial charge in [-0.1, -0.05) is 18.2 Å². The molecular formula is C13H16N2. The van der Waals surface area contributed by atoms with E-state index in [9.17, 15) is 0 Å². The number of nitrogens with zero attached hydrogens (tertiary/aromatic N) is 2. The molecule has 2 heteroatoms. The summed E-state index contributed by atoms with van der Waals surface area (Å²) in [6.07, 6.45) is 4.75. The Morgan fingerprint density at radius 1 is 1.27 bits per heavy atom. The first-order chi connectivity index (χ1) is 7.18. The van der Waals surface area contributed by atoms with Crippen LogP contribution in [0.3, 0.4) is 0 Å². The summed E-state index contributed by atoms with van der Waals surface area (Å²) in [5, 5.41) is 0. The predicted octanol–water partition coefficient (Wildman–Crippen LogP) is 2.63. The van der Waals surface area contributed by atoms with E-state index in [0.29, 0.717) is 0 Å². The number of aryl methyl sites for hydroxylation is 2. The molecule has 0 amide bonds. The van der Waals surface area contributed by atoms with E-state index < -0.39 is 0 Å². The van der Waals surface area contributed by atoms with Crippen LogP contribution in [-0.4, -0.2) is 9.55 Å². The van der Waals surface area contributed by atoms with Gasteiger partial charge in [-0.2, -0.15) is 0 Å². The van der Waals surface area contributed by atoms with Crippen LogP contribution in [0.2, 0.25) is 0 Å². The van der Waals surface area contributed by atoms with E-state index in [1.165, 1.54) is 16.7 Å². The highest BCUT2D eigenvalue weighted by molar-refractivity contribution is 5.34. The fourth-order valence-electron chi connectivity index (χ4n) is 1.74. The molecule has 78 valence electrons. The summed E-state index contributed by atoms with van der Waals surface area (Å²) >= 11 is 0. The highest BCUT2D eigenvalue weighted by atomic mass is 15.0. The van der Waals surface area contributed by atoms with E-state index >= 15 is 0 Å². The van der Waals surface area contributed by atoms with Crippen LogP contribution < -0.4 is 0 Å². The predicted molar refractivity (Wildman–Crippen MR) is 61.9 cm³/mol. The lowest BCUT2D eigenvalue weighted by Gasteiger charge is -2.08. The van der Waals surface area contributed by atoms with Gasteiger partial charge in [0.05, 0.1) is 0 Å². The molecule has 1 aromatic carbocycles. The molecule has 0 saturated heterocycles. The molecule has 2 nitrogen and oxygen atoms in total. The van der Waals surface area contributed by atoms with E-state index in [2.05, 4.69) is 41.6 Å². The monoisotopic (exact) mass is 200 g/mol. The van der Waals surface area contributed by atoms with E-state index in [0.717, 1.165) is 12.2 Å². The summed E-state index contributed by atoms with van der Waals surface area (Å²) in [6.45, 7) is 4.32. The van der Waals surface area contributed by atoms with Crippen molar-refractivity contribution in [2.24, 2.45) is 7.05 Å². The quantitative estimate of drug-likeness (QED) is 0.728. The number of aromatic nitrogens is 2. The van der Waals surface area contributed by atoms with Gasteiger partial charge in [-0.25, -0.2) is 4.98 Å². The Morgan fingerprint density at radius 2 is 2.07 bits per heavy atom. The Labute approximate surface area is 90.6 Å². The fourth-order valence-corrected chi connectivity index (χ4v) is 1.74. The minimum Gasteiger partial charge on any atom is -0.338 e. The molecular weight excluding hydrogens is 184 g/mol. The second kappa shape index (κ2) is 3.89. The van der Waals surface area contributed by atoms with Crippen molar-refractivity contribution in [2.45, 2.75) is 20.3 Å². The summed E-state index contributed by atoms with van der Waals surface area (Å²) in [6, 6.07) is 6.44. The first-order valence-corrected chi connectivity index (χ1v) is 5.20. The molecule has 0 aliphatic heterocycles. The molecule has 2 aromatic rings. The van der Waals surface area contributed by atoms with E-state index in [1.54, 1.807) is 0 Å². The number of hydrogen-bond acceptors (Lipinski definition) is 1. The van der Waals surface area contributed by atoms with E-state index in [4.69, 9.17) is 0 Å². The molecule has 0 spiro atoms. The van der Waals surface area contributed by atoms with Gasteiger partial charge in [-0.3, -0.25) is 0 Å². The normalized spacial score (nSPS) is 10.6. The van der Waals surface area contributed by atoms with Crippen molar-refractivity contribution < 1.29 is 0 Å². The summed E-state index contributed by atoms with van der Waals surface area (Å²) in [5.74, 6) is 1.11. The molecule has 0 saturated carbocycles. The Bertz CT molecular complexity index is 469. The zero-order chi connectivity index (χ0) is 10.8. The van der Waals surface area contributed by atoms with Crippen molar-refractivity contribution in [3.05, 3.63) is 53.1 Å². The first-order valence-electron chi connectivity index (χ1n) is 5.20. The van der Waals surface area contributed by atoms with Gasteiger partial charge in [0, 0.05) is 25.9 Å². The van der Waals surface area contributed by atoms with Crippen molar-refractivity contribution in [2.75, 3.05) is 0 Å². The molecule has 0 fully saturated rings. The lowest BCUT2D eigenvalue weighted by atomic mass is 10.0. The smallest absolute Gasteiger partial charge is 0.112 e. The highest BCUT2D eigenvalue weighted by Gasteiger charge is 2.04. The lowest BCUT2D eigenvalue weighted by Crippen LogP contribution is -2.00. The second-order valence-corrected chi connectivity index (χ2v) is 3.99. The maximum atomic E-state index is 4.34. The van der Waals surface area contributed by atoms with Gasteiger partial charge in [0.1, 0.15) is 5.82 Å². The van der Waals surface area contributed by atoms with E-state index in [1.807, 2.05) is 19.4 Å². The first kappa shape index (κ1) is 9.97. The molecule has 15 heavy (non-hydrogen) atoms. The van der Waals surface area contributed by atoms with Crippen LogP contribution in [0.15, 0.2) is 30.6 Å². The van der Waals surface area contributed by atoms with Crippen LogP contribution >= 0.6 is 0 Å². The van der Waals surface area contributed by atoms with Crippen LogP contribution in [0.4, 0.5) is 0 Å². The van der Waals surface area contributed by atoms with Crippen LogP contribution in [0.25, 0.3) is 0 Å². The van der Waals surface area contributed by atoms with Crippen LogP contribution in [0, 0.1) is 13.8 Å². The molecule has 0 aliphatic carbocycles. The topological polar surface area (TPSA) is 17.8 Å². The van der Waals surface area contributed by atoms with Crippen molar-refractivity contribution in [1.29, 1.82) is 0 Å². The SMILES string of the molecule is Cc1cccc(Cc2nccn2C)c1C. The average Bonchev–Trinajstić information content (AvgIpc) is 2.60. The number of imidazole rings is 1. The van der Waals surface area contributed by atoms with Gasteiger partial charge in [-0.15, -0.1) is 0 Å². The fraction of sp³-hybridized carbons (Fsp3) is 0.308. The molecule has 1 heterocycles. The maximum absolute atomic E-state index is 4.34. The summed E-state index contributed by atoms with van der Waals surface area (Å²) in [4.78, 5) is 4.34. The van der Waals surface area contributed by atoms with Crippen molar-refractivity contribution >= 4 is 0 Å². The van der Waals surface area contributed by atoms with Crippen LogP contribution in [0.1, 0.15) is 22.5 Å². The van der Waals surface area contributed by atoms with Crippen molar-refractivity contribution in [3.8, 4) is 0 Å². The Morgan fingerprint density at radius 3 is 2.73 bits per heavy atom. The third kappa shape index (κ3) is 1.94. The van der Waals surface area contributed by atoms with E-state index in [-0.39, 0.29) is 0 Å². The molecule has 0 unspecified atom stereocenters. The Hall–Kier alpha value is -1.57. The molecule has 0 radical (unpaired) electrons. The van der Waals surface area contributed by atoms with Crippen LogP contribution in [-0.2, 0) is 13.5 Å². The minimum atomic E-state index is 0.914. The van der Waals surface area contributed by atoms with Gasteiger partial charge in [-0.05, 0) is 30.5 Å². The van der Waals surface area contributed by atoms with Crippen molar-refractivity contribution in [3.63, 3.8) is 0 Å². The molecule has 0 aliphatic rings. The van der Waals surface area contributed by atoms with Gasteiger partial charge in [0.25, 0.3) is 0 Å². The maximum Gasteiger partial charge on any atom is 0.112 e. The summed E-state index contributed by atoms with van der Waals surface area (Å²) in [7, 11) is 2.04. The standard InChI is InChI=1S/C13H16N2/c1-10-5-4-6-12(11(10)2)9-13-14-7-8-15(13)3/h4-8H,9H2,1-3H3. The number of hydrogen-bond donors (Lipinski definition) is 0. The molecule has 2 rings (SSSR count). The zero-order valence-corrected chi connectivity index (χ0v) is 9.49. The molecule has 0 atom stereocenters. The van der Waals surface area contributed by atoms with Gasteiger partial charge in [0.15, 0.2) is 0 Å². The van der Waals surface area contributed by atoms with Crippen LogP contribution in [0.5, 0.6) is 0 Å².